The Kier molecular flexibility index (Phi) is 4.70. The first-order chi connectivity index (χ1) is 10.3. The van der Waals surface area contributed by atoms with Gasteiger partial charge in [-0.1, -0.05) is 12.1 Å². The van der Waals surface area contributed by atoms with Gasteiger partial charge in [-0.05, 0) is 24.5 Å². The third-order valence-electron chi connectivity index (χ3n) is 4.12. The zero-order chi connectivity index (χ0) is 14.7. The molecule has 21 heavy (non-hydrogen) atoms. The molecule has 0 aromatic heterocycles. The molecule has 0 bridgehead atoms. The van der Waals surface area contributed by atoms with Crippen molar-refractivity contribution in [3.63, 3.8) is 0 Å². The minimum atomic E-state index is 0.209. The molecule has 1 saturated heterocycles. The first kappa shape index (κ1) is 14.7. The number of thioether (sulfide) groups is 1. The van der Waals surface area contributed by atoms with Crippen LogP contribution < -0.4 is 15.0 Å². The van der Waals surface area contributed by atoms with E-state index >= 15 is 0 Å². The van der Waals surface area contributed by atoms with Crippen molar-refractivity contribution < 1.29 is 9.53 Å². The van der Waals surface area contributed by atoms with Gasteiger partial charge < -0.3 is 15.0 Å². The van der Waals surface area contributed by atoms with E-state index in [1.54, 1.807) is 7.11 Å². The third kappa shape index (κ3) is 3.19. The molecule has 1 aromatic carbocycles. The normalized spacial score (nSPS) is 21.8. The number of nitrogens with one attached hydrogen (secondary N) is 1. The highest BCUT2D eigenvalue weighted by Crippen LogP contribution is 2.36. The second-order valence-electron chi connectivity index (χ2n) is 5.55. The molecule has 0 aliphatic carbocycles. The van der Waals surface area contributed by atoms with Crippen LogP contribution in [0.4, 0.5) is 5.69 Å². The number of carbonyl (C=O) groups excluding carboxylic acids is 1. The van der Waals surface area contributed by atoms with Gasteiger partial charge >= 0.3 is 0 Å². The molecule has 3 rings (SSSR count). The molecule has 1 amide bonds. The van der Waals surface area contributed by atoms with Crippen LogP contribution in [-0.2, 0) is 11.2 Å². The number of hydrogen-bond acceptors (Lipinski definition) is 4. The van der Waals surface area contributed by atoms with Gasteiger partial charge in [0.2, 0.25) is 5.91 Å². The van der Waals surface area contributed by atoms with E-state index < -0.39 is 0 Å². The van der Waals surface area contributed by atoms with E-state index in [2.05, 4.69) is 11.4 Å². The van der Waals surface area contributed by atoms with Crippen molar-refractivity contribution in [2.75, 3.05) is 36.6 Å². The van der Waals surface area contributed by atoms with E-state index in [-0.39, 0.29) is 5.91 Å². The number of carbonyl (C=O) groups is 1. The summed E-state index contributed by atoms with van der Waals surface area (Å²) in [6.45, 7) is 1.80. The molecule has 0 saturated carbocycles. The topological polar surface area (TPSA) is 41.6 Å². The van der Waals surface area contributed by atoms with Crippen molar-refractivity contribution in [3.8, 4) is 5.75 Å². The summed E-state index contributed by atoms with van der Waals surface area (Å²) in [5, 5.41) is 3.44. The maximum Gasteiger partial charge on any atom is 0.228 e. The highest BCUT2D eigenvalue weighted by molar-refractivity contribution is 7.99. The Labute approximate surface area is 130 Å². The average molecular weight is 306 g/mol. The number of nitrogens with zero attached hydrogens (tertiary/aromatic N) is 1. The van der Waals surface area contributed by atoms with Crippen LogP contribution in [0.2, 0.25) is 0 Å². The molecule has 2 heterocycles. The van der Waals surface area contributed by atoms with Gasteiger partial charge in [-0.3, -0.25) is 4.79 Å². The van der Waals surface area contributed by atoms with Gasteiger partial charge in [0.15, 0.2) is 0 Å². The highest BCUT2D eigenvalue weighted by Gasteiger charge is 2.27. The second-order valence-corrected chi connectivity index (χ2v) is 6.70. The molecule has 114 valence electrons. The van der Waals surface area contributed by atoms with Crippen LogP contribution in [0.15, 0.2) is 18.2 Å². The van der Waals surface area contributed by atoms with E-state index in [0.29, 0.717) is 12.5 Å². The maximum atomic E-state index is 12.7. The monoisotopic (exact) mass is 306 g/mol. The smallest absolute Gasteiger partial charge is 0.228 e. The Morgan fingerprint density at radius 1 is 1.52 bits per heavy atom. The van der Waals surface area contributed by atoms with Gasteiger partial charge in [0.1, 0.15) is 5.75 Å². The minimum absolute atomic E-state index is 0.209. The predicted molar refractivity (Wildman–Crippen MR) is 87.4 cm³/mol. The molecule has 4 nitrogen and oxygen atoms in total. The third-order valence-corrected chi connectivity index (χ3v) is 5.25. The number of aryl methyl sites for hydroxylation is 1. The number of fused-ring (bicyclic) bond motifs is 1. The molecule has 0 spiro atoms. The lowest BCUT2D eigenvalue weighted by Crippen LogP contribution is -2.44. The van der Waals surface area contributed by atoms with Crippen LogP contribution in [0.1, 0.15) is 18.4 Å². The zero-order valence-corrected chi connectivity index (χ0v) is 13.2. The van der Waals surface area contributed by atoms with E-state index in [1.165, 1.54) is 5.56 Å². The van der Waals surface area contributed by atoms with Gasteiger partial charge in [0.25, 0.3) is 0 Å². The van der Waals surface area contributed by atoms with Gasteiger partial charge in [0, 0.05) is 37.1 Å². The van der Waals surface area contributed by atoms with Gasteiger partial charge in [0.05, 0.1) is 12.8 Å². The fraction of sp³-hybridized carbons (Fsp3) is 0.562. The number of ether oxygens (including phenoxy) is 1. The van der Waals surface area contributed by atoms with Crippen LogP contribution in [0.5, 0.6) is 5.75 Å². The van der Waals surface area contributed by atoms with E-state index in [4.69, 9.17) is 4.74 Å². The standard InChI is InChI=1S/C16H22N2O2S/c1-20-14-6-2-4-12-5-3-8-18(16(12)14)15(19)10-13-11-21-9-7-17-13/h2,4,6,13,17H,3,5,7-11H2,1H3. The molecule has 5 heteroatoms. The molecular weight excluding hydrogens is 284 g/mol. The number of hydrogen-bond donors (Lipinski definition) is 1. The van der Waals surface area contributed by atoms with Crippen LogP contribution in [0.3, 0.4) is 0 Å². The average Bonchev–Trinajstić information content (AvgIpc) is 2.54. The quantitative estimate of drug-likeness (QED) is 0.928. The van der Waals surface area contributed by atoms with Crippen molar-refractivity contribution in [1.29, 1.82) is 0 Å². The summed E-state index contributed by atoms with van der Waals surface area (Å²) in [7, 11) is 1.67. The first-order valence-corrected chi connectivity index (χ1v) is 8.72. The lowest BCUT2D eigenvalue weighted by atomic mass is 10.00. The molecule has 1 N–H and O–H groups in total. The molecule has 2 aliphatic heterocycles. The van der Waals surface area contributed by atoms with Crippen LogP contribution in [0.25, 0.3) is 0 Å². The lowest BCUT2D eigenvalue weighted by molar-refractivity contribution is -0.119. The predicted octanol–water partition coefficient (Wildman–Crippen LogP) is 2.07. The molecule has 1 unspecified atom stereocenters. The number of anilines is 1. The summed E-state index contributed by atoms with van der Waals surface area (Å²) in [5.41, 5.74) is 2.21. The number of methoxy groups -OCH3 is 1. The molecule has 0 radical (unpaired) electrons. The lowest BCUT2D eigenvalue weighted by Gasteiger charge is -2.32. The first-order valence-electron chi connectivity index (χ1n) is 7.57. The van der Waals surface area contributed by atoms with Crippen molar-refractivity contribution in [2.45, 2.75) is 25.3 Å². The summed E-state index contributed by atoms with van der Waals surface area (Å²) < 4.78 is 5.47. The fourth-order valence-corrected chi connectivity index (χ4v) is 4.05. The Bertz CT molecular complexity index is 501. The summed E-state index contributed by atoms with van der Waals surface area (Å²) in [6, 6.07) is 6.35. The van der Waals surface area contributed by atoms with Gasteiger partial charge in [-0.15, -0.1) is 0 Å². The Balaban J connectivity index is 1.79. The molecule has 1 fully saturated rings. The molecule has 1 atom stereocenters. The fourth-order valence-electron chi connectivity index (χ4n) is 3.10. The van der Waals surface area contributed by atoms with Crippen molar-refractivity contribution in [1.82, 2.24) is 5.32 Å². The van der Waals surface area contributed by atoms with Crippen LogP contribution in [0, 0.1) is 0 Å². The Morgan fingerprint density at radius 2 is 2.43 bits per heavy atom. The number of amides is 1. The molecular formula is C16H22N2O2S. The van der Waals surface area contributed by atoms with Gasteiger partial charge in [-0.25, -0.2) is 0 Å². The number of rotatable bonds is 3. The zero-order valence-electron chi connectivity index (χ0n) is 12.4. The highest BCUT2D eigenvalue weighted by atomic mass is 32.2. The largest absolute Gasteiger partial charge is 0.495 e. The Hall–Kier alpha value is -1.20. The van der Waals surface area contributed by atoms with Crippen LogP contribution in [-0.4, -0.2) is 43.7 Å². The van der Waals surface area contributed by atoms with Crippen LogP contribution >= 0.6 is 11.8 Å². The summed E-state index contributed by atoms with van der Waals surface area (Å²) >= 11 is 1.93. The van der Waals surface area contributed by atoms with Crippen molar-refractivity contribution >= 4 is 23.4 Å². The number of benzene rings is 1. The van der Waals surface area contributed by atoms with Crippen molar-refractivity contribution in [2.24, 2.45) is 0 Å². The Morgan fingerprint density at radius 3 is 3.19 bits per heavy atom. The SMILES string of the molecule is COc1cccc2c1N(C(=O)CC1CSCCN1)CCC2. The maximum absolute atomic E-state index is 12.7. The second kappa shape index (κ2) is 6.71. The minimum Gasteiger partial charge on any atom is -0.495 e. The summed E-state index contributed by atoms with van der Waals surface area (Å²) in [4.78, 5) is 14.6. The van der Waals surface area contributed by atoms with Gasteiger partial charge in [-0.2, -0.15) is 11.8 Å². The molecule has 2 aliphatic rings. The van der Waals surface area contributed by atoms with E-state index in [0.717, 1.165) is 48.9 Å². The van der Waals surface area contributed by atoms with Crippen molar-refractivity contribution in [3.05, 3.63) is 23.8 Å². The number of para-hydroxylation sites is 1. The summed E-state index contributed by atoms with van der Waals surface area (Å²) in [5.74, 6) is 3.19. The van der Waals surface area contributed by atoms with E-state index in [1.807, 2.05) is 28.8 Å². The summed E-state index contributed by atoms with van der Waals surface area (Å²) in [6.07, 6.45) is 2.62. The molecule has 1 aromatic rings. The van der Waals surface area contributed by atoms with E-state index in [9.17, 15) is 4.79 Å².